The summed E-state index contributed by atoms with van der Waals surface area (Å²) in [7, 11) is 0. The van der Waals surface area contributed by atoms with Gasteiger partial charge in [0.2, 0.25) is 0 Å². The molecule has 1 rings (SSSR count). The van der Waals surface area contributed by atoms with Crippen LogP contribution < -0.4 is 5.90 Å². The Hall–Kier alpha value is -0.860. The molecule has 0 amide bonds. The van der Waals surface area contributed by atoms with Gasteiger partial charge in [-0.3, -0.25) is 0 Å². The van der Waals surface area contributed by atoms with Crippen LogP contribution in [0, 0.1) is 0 Å². The van der Waals surface area contributed by atoms with E-state index in [4.69, 9.17) is 5.90 Å². The average molecular weight is 165 g/mol. The van der Waals surface area contributed by atoms with Gasteiger partial charge < -0.3 is 4.84 Å². The third-order valence-electron chi connectivity index (χ3n) is 2.04. The Labute approximate surface area is 73.3 Å². The molecule has 0 radical (unpaired) electrons. The van der Waals surface area contributed by atoms with Crippen molar-refractivity contribution < 1.29 is 4.84 Å². The highest BCUT2D eigenvalue weighted by molar-refractivity contribution is 5.18. The van der Waals surface area contributed by atoms with Crippen molar-refractivity contribution in [1.29, 1.82) is 0 Å². The molecule has 0 aliphatic rings. The maximum atomic E-state index is 4.95. The minimum Gasteiger partial charge on any atom is -0.305 e. The van der Waals surface area contributed by atoms with Gasteiger partial charge in [0.1, 0.15) is 0 Å². The standard InChI is InChI=1S/C10H15NO/c1-9(7-8-12-11)10-5-3-2-4-6-10/h2-6,9H,7-8,11H2,1H3. The Morgan fingerprint density at radius 1 is 1.33 bits per heavy atom. The monoisotopic (exact) mass is 165 g/mol. The summed E-state index contributed by atoms with van der Waals surface area (Å²) < 4.78 is 0. The third kappa shape index (κ3) is 2.64. The fraction of sp³-hybridized carbons (Fsp3) is 0.400. The smallest absolute Gasteiger partial charge is 0.0684 e. The number of hydrogen-bond acceptors (Lipinski definition) is 2. The second-order valence-electron chi connectivity index (χ2n) is 2.97. The van der Waals surface area contributed by atoms with Crippen LogP contribution >= 0.6 is 0 Å². The summed E-state index contributed by atoms with van der Waals surface area (Å²) in [4.78, 5) is 4.53. The van der Waals surface area contributed by atoms with Crippen molar-refractivity contribution in [1.82, 2.24) is 0 Å². The Balaban J connectivity index is 2.48. The first kappa shape index (κ1) is 9.23. The molecule has 1 aromatic rings. The van der Waals surface area contributed by atoms with Crippen LogP contribution in [0.1, 0.15) is 24.8 Å². The first-order chi connectivity index (χ1) is 5.84. The fourth-order valence-electron chi connectivity index (χ4n) is 1.19. The molecule has 0 spiro atoms. The molecule has 2 N–H and O–H groups in total. The second kappa shape index (κ2) is 4.91. The van der Waals surface area contributed by atoms with E-state index in [0.717, 1.165) is 6.42 Å². The van der Waals surface area contributed by atoms with E-state index in [9.17, 15) is 0 Å². The van der Waals surface area contributed by atoms with Gasteiger partial charge in [0.05, 0.1) is 6.61 Å². The van der Waals surface area contributed by atoms with Gasteiger partial charge >= 0.3 is 0 Å². The van der Waals surface area contributed by atoms with Gasteiger partial charge in [-0.05, 0) is 17.9 Å². The van der Waals surface area contributed by atoms with Crippen LogP contribution in [0.25, 0.3) is 0 Å². The quantitative estimate of drug-likeness (QED) is 0.693. The SMILES string of the molecule is CC(CCON)c1ccccc1. The Bertz CT molecular complexity index is 210. The Kier molecular flexibility index (Phi) is 3.77. The highest BCUT2D eigenvalue weighted by Gasteiger charge is 2.03. The van der Waals surface area contributed by atoms with Crippen molar-refractivity contribution in [2.75, 3.05) is 6.61 Å². The first-order valence-corrected chi connectivity index (χ1v) is 4.21. The number of benzene rings is 1. The zero-order valence-corrected chi connectivity index (χ0v) is 7.36. The number of hydrogen-bond donors (Lipinski definition) is 1. The maximum Gasteiger partial charge on any atom is 0.0684 e. The molecular formula is C10H15NO. The summed E-state index contributed by atoms with van der Waals surface area (Å²) in [6.45, 7) is 2.80. The first-order valence-electron chi connectivity index (χ1n) is 4.21. The summed E-state index contributed by atoms with van der Waals surface area (Å²) in [5, 5.41) is 0. The van der Waals surface area contributed by atoms with Gasteiger partial charge in [0.15, 0.2) is 0 Å². The highest BCUT2D eigenvalue weighted by atomic mass is 16.6. The Morgan fingerprint density at radius 2 is 2.00 bits per heavy atom. The van der Waals surface area contributed by atoms with Crippen molar-refractivity contribution in [2.45, 2.75) is 19.3 Å². The van der Waals surface area contributed by atoms with E-state index in [1.54, 1.807) is 0 Å². The molecule has 0 saturated heterocycles. The number of rotatable bonds is 4. The third-order valence-corrected chi connectivity index (χ3v) is 2.04. The van der Waals surface area contributed by atoms with Gasteiger partial charge in [0.25, 0.3) is 0 Å². The molecule has 1 atom stereocenters. The van der Waals surface area contributed by atoms with Crippen molar-refractivity contribution >= 4 is 0 Å². The minimum atomic E-state index is 0.523. The molecule has 0 fully saturated rings. The molecule has 1 aromatic carbocycles. The summed E-state index contributed by atoms with van der Waals surface area (Å²) in [5.74, 6) is 5.48. The van der Waals surface area contributed by atoms with E-state index in [0.29, 0.717) is 12.5 Å². The predicted octanol–water partition coefficient (Wildman–Crippen LogP) is 2.07. The molecule has 1 unspecified atom stereocenters. The molecule has 0 heterocycles. The summed E-state index contributed by atoms with van der Waals surface area (Å²) in [6.07, 6.45) is 0.973. The molecule has 12 heavy (non-hydrogen) atoms. The fourth-order valence-corrected chi connectivity index (χ4v) is 1.19. The van der Waals surface area contributed by atoms with Crippen molar-refractivity contribution in [2.24, 2.45) is 5.90 Å². The zero-order chi connectivity index (χ0) is 8.81. The van der Waals surface area contributed by atoms with Crippen LogP contribution in [-0.2, 0) is 4.84 Å². The minimum absolute atomic E-state index is 0.523. The van der Waals surface area contributed by atoms with E-state index in [1.807, 2.05) is 6.07 Å². The van der Waals surface area contributed by atoms with E-state index in [1.165, 1.54) is 5.56 Å². The van der Waals surface area contributed by atoms with Gasteiger partial charge in [-0.15, -0.1) is 0 Å². The highest BCUT2D eigenvalue weighted by Crippen LogP contribution is 2.17. The summed E-state index contributed by atoms with van der Waals surface area (Å²) >= 11 is 0. The van der Waals surface area contributed by atoms with Gasteiger partial charge in [-0.1, -0.05) is 37.3 Å². The Morgan fingerprint density at radius 3 is 2.58 bits per heavy atom. The average Bonchev–Trinajstić information content (AvgIpc) is 2.15. The molecule has 0 aliphatic heterocycles. The van der Waals surface area contributed by atoms with E-state index in [2.05, 4.69) is 36.0 Å². The topological polar surface area (TPSA) is 35.2 Å². The van der Waals surface area contributed by atoms with Crippen LogP contribution in [0.15, 0.2) is 30.3 Å². The molecule has 0 bridgehead atoms. The number of nitrogens with two attached hydrogens (primary N) is 1. The lowest BCUT2D eigenvalue weighted by Crippen LogP contribution is -2.04. The molecule has 66 valence electrons. The summed E-state index contributed by atoms with van der Waals surface area (Å²) in [5.41, 5.74) is 1.34. The summed E-state index contributed by atoms with van der Waals surface area (Å²) in [6, 6.07) is 10.4. The van der Waals surface area contributed by atoms with Crippen LogP contribution in [0.4, 0.5) is 0 Å². The molecule has 0 saturated carbocycles. The van der Waals surface area contributed by atoms with Crippen LogP contribution in [0.2, 0.25) is 0 Å². The lowest BCUT2D eigenvalue weighted by Gasteiger charge is -2.09. The van der Waals surface area contributed by atoms with E-state index < -0.39 is 0 Å². The van der Waals surface area contributed by atoms with Gasteiger partial charge in [0, 0.05) is 0 Å². The molecular weight excluding hydrogens is 150 g/mol. The molecule has 0 aromatic heterocycles. The van der Waals surface area contributed by atoms with Crippen molar-refractivity contribution in [3.05, 3.63) is 35.9 Å². The van der Waals surface area contributed by atoms with E-state index in [-0.39, 0.29) is 0 Å². The molecule has 0 aliphatic carbocycles. The van der Waals surface area contributed by atoms with Crippen LogP contribution in [0.5, 0.6) is 0 Å². The van der Waals surface area contributed by atoms with Crippen LogP contribution in [0.3, 0.4) is 0 Å². The maximum absolute atomic E-state index is 4.95. The largest absolute Gasteiger partial charge is 0.305 e. The normalized spacial score (nSPS) is 12.8. The lowest BCUT2D eigenvalue weighted by atomic mass is 9.99. The van der Waals surface area contributed by atoms with Crippen molar-refractivity contribution in [3.8, 4) is 0 Å². The molecule has 2 nitrogen and oxygen atoms in total. The van der Waals surface area contributed by atoms with E-state index >= 15 is 0 Å². The molecule has 2 heteroatoms. The second-order valence-corrected chi connectivity index (χ2v) is 2.97. The zero-order valence-electron chi connectivity index (χ0n) is 7.36. The predicted molar refractivity (Wildman–Crippen MR) is 49.6 cm³/mol. The lowest BCUT2D eigenvalue weighted by molar-refractivity contribution is 0.131. The van der Waals surface area contributed by atoms with Gasteiger partial charge in [-0.2, -0.15) is 0 Å². The van der Waals surface area contributed by atoms with Crippen molar-refractivity contribution in [3.63, 3.8) is 0 Å². The van der Waals surface area contributed by atoms with Gasteiger partial charge in [-0.25, -0.2) is 5.90 Å². The van der Waals surface area contributed by atoms with Crippen LogP contribution in [-0.4, -0.2) is 6.61 Å².